The molecular weight excluding hydrogens is 248 g/mol. The van der Waals surface area contributed by atoms with Gasteiger partial charge in [-0.3, -0.25) is 0 Å². The molecule has 4 nitrogen and oxygen atoms in total. The SMILES string of the molecule is CCC(N)=NC(=Nc1ccccc1)Nc1ccccc1. The van der Waals surface area contributed by atoms with Crippen molar-refractivity contribution < 1.29 is 0 Å². The van der Waals surface area contributed by atoms with E-state index in [-0.39, 0.29) is 0 Å². The van der Waals surface area contributed by atoms with Crippen LogP contribution in [0.2, 0.25) is 0 Å². The molecule has 0 unspecified atom stereocenters. The van der Waals surface area contributed by atoms with Crippen LogP contribution in [-0.4, -0.2) is 11.8 Å². The first-order valence-electron chi connectivity index (χ1n) is 6.57. The molecule has 102 valence electrons. The van der Waals surface area contributed by atoms with Crippen molar-refractivity contribution in [3.8, 4) is 0 Å². The molecule has 0 aliphatic rings. The van der Waals surface area contributed by atoms with Crippen LogP contribution in [0.15, 0.2) is 70.6 Å². The number of rotatable bonds is 3. The van der Waals surface area contributed by atoms with E-state index in [1.54, 1.807) is 0 Å². The third kappa shape index (κ3) is 4.24. The molecule has 0 spiro atoms. The summed E-state index contributed by atoms with van der Waals surface area (Å²) in [6, 6.07) is 19.4. The van der Waals surface area contributed by atoms with Gasteiger partial charge in [-0.2, -0.15) is 0 Å². The fourth-order valence-electron chi connectivity index (χ4n) is 1.57. The van der Waals surface area contributed by atoms with Gasteiger partial charge in [-0.05, 0) is 24.3 Å². The first-order valence-corrected chi connectivity index (χ1v) is 6.57. The second kappa shape index (κ2) is 7.09. The van der Waals surface area contributed by atoms with Gasteiger partial charge in [0.15, 0.2) is 0 Å². The first-order chi connectivity index (χ1) is 9.78. The van der Waals surface area contributed by atoms with Crippen LogP contribution in [0.4, 0.5) is 11.4 Å². The Morgan fingerprint density at radius 2 is 1.60 bits per heavy atom. The van der Waals surface area contributed by atoms with E-state index in [9.17, 15) is 0 Å². The van der Waals surface area contributed by atoms with Gasteiger partial charge in [0.25, 0.3) is 0 Å². The largest absolute Gasteiger partial charge is 0.387 e. The van der Waals surface area contributed by atoms with Crippen molar-refractivity contribution in [2.24, 2.45) is 15.7 Å². The highest BCUT2D eigenvalue weighted by Crippen LogP contribution is 2.12. The average Bonchev–Trinajstić information content (AvgIpc) is 2.49. The van der Waals surface area contributed by atoms with Crippen LogP contribution >= 0.6 is 0 Å². The van der Waals surface area contributed by atoms with E-state index in [1.165, 1.54) is 0 Å². The van der Waals surface area contributed by atoms with Crippen LogP contribution in [0.5, 0.6) is 0 Å². The number of amidine groups is 1. The zero-order valence-electron chi connectivity index (χ0n) is 11.5. The van der Waals surface area contributed by atoms with Gasteiger partial charge in [-0.25, -0.2) is 9.98 Å². The molecule has 0 radical (unpaired) electrons. The van der Waals surface area contributed by atoms with Crippen molar-refractivity contribution in [3.05, 3.63) is 60.7 Å². The summed E-state index contributed by atoms with van der Waals surface area (Å²) in [5.74, 6) is 1.03. The third-order valence-electron chi connectivity index (χ3n) is 2.63. The fourth-order valence-corrected chi connectivity index (χ4v) is 1.57. The predicted molar refractivity (Wildman–Crippen MR) is 85.5 cm³/mol. The maximum Gasteiger partial charge on any atom is 0.229 e. The predicted octanol–water partition coefficient (Wildman–Crippen LogP) is 3.55. The van der Waals surface area contributed by atoms with Gasteiger partial charge in [-0.15, -0.1) is 0 Å². The molecule has 0 saturated heterocycles. The minimum atomic E-state index is 0.488. The lowest BCUT2D eigenvalue weighted by Gasteiger charge is -2.06. The summed E-state index contributed by atoms with van der Waals surface area (Å²) in [5.41, 5.74) is 7.57. The summed E-state index contributed by atoms with van der Waals surface area (Å²) in [4.78, 5) is 8.80. The van der Waals surface area contributed by atoms with E-state index in [2.05, 4.69) is 15.3 Å². The summed E-state index contributed by atoms with van der Waals surface area (Å²) in [6.07, 6.45) is 0.685. The van der Waals surface area contributed by atoms with E-state index in [1.807, 2.05) is 67.6 Å². The van der Waals surface area contributed by atoms with Crippen LogP contribution in [0.25, 0.3) is 0 Å². The van der Waals surface area contributed by atoms with Crippen LogP contribution in [0, 0.1) is 0 Å². The monoisotopic (exact) mass is 266 g/mol. The highest BCUT2D eigenvalue weighted by Gasteiger charge is 2.00. The van der Waals surface area contributed by atoms with Gasteiger partial charge < -0.3 is 11.1 Å². The number of para-hydroxylation sites is 2. The van der Waals surface area contributed by atoms with Crippen molar-refractivity contribution in [2.45, 2.75) is 13.3 Å². The standard InChI is InChI=1S/C16H18N4/c1-2-15(17)20-16(18-13-9-5-3-6-10-13)19-14-11-7-4-8-12-14/h3-12H,2H2,1H3,(H3,17,18,19,20). The van der Waals surface area contributed by atoms with E-state index in [0.29, 0.717) is 18.2 Å². The highest BCUT2D eigenvalue weighted by molar-refractivity contribution is 6.03. The number of benzene rings is 2. The van der Waals surface area contributed by atoms with Crippen molar-refractivity contribution in [1.82, 2.24) is 0 Å². The summed E-state index contributed by atoms with van der Waals surface area (Å²) < 4.78 is 0. The molecular formula is C16H18N4. The van der Waals surface area contributed by atoms with Crippen LogP contribution in [0.1, 0.15) is 13.3 Å². The molecule has 0 heterocycles. The van der Waals surface area contributed by atoms with Gasteiger partial charge in [0.2, 0.25) is 5.96 Å². The Morgan fingerprint density at radius 1 is 1.00 bits per heavy atom. The number of nitrogens with two attached hydrogens (primary N) is 1. The van der Waals surface area contributed by atoms with Crippen LogP contribution in [0.3, 0.4) is 0 Å². The molecule has 0 saturated carbocycles. The third-order valence-corrected chi connectivity index (χ3v) is 2.63. The molecule has 0 atom stereocenters. The summed E-state index contributed by atoms with van der Waals surface area (Å²) in [7, 11) is 0. The van der Waals surface area contributed by atoms with Crippen molar-refractivity contribution in [1.29, 1.82) is 0 Å². The second-order valence-electron chi connectivity index (χ2n) is 4.22. The second-order valence-corrected chi connectivity index (χ2v) is 4.22. The topological polar surface area (TPSA) is 62.8 Å². The molecule has 0 aromatic heterocycles. The molecule has 2 aromatic rings. The maximum absolute atomic E-state index is 5.81. The van der Waals surface area contributed by atoms with E-state index >= 15 is 0 Å². The molecule has 3 N–H and O–H groups in total. The Bertz CT molecular complexity index is 588. The van der Waals surface area contributed by atoms with E-state index in [0.717, 1.165) is 11.4 Å². The molecule has 0 aliphatic heterocycles. The number of nitrogens with zero attached hydrogens (tertiary/aromatic N) is 2. The Hall–Kier alpha value is -2.62. The van der Waals surface area contributed by atoms with Crippen molar-refractivity contribution in [3.63, 3.8) is 0 Å². The maximum atomic E-state index is 5.81. The lowest BCUT2D eigenvalue weighted by atomic mass is 10.3. The van der Waals surface area contributed by atoms with Gasteiger partial charge in [0, 0.05) is 12.1 Å². The Labute approximate surface area is 119 Å². The molecule has 0 fully saturated rings. The molecule has 0 amide bonds. The van der Waals surface area contributed by atoms with Gasteiger partial charge in [0.1, 0.15) is 5.84 Å². The Kier molecular flexibility index (Phi) is 4.89. The van der Waals surface area contributed by atoms with Crippen molar-refractivity contribution in [2.75, 3.05) is 5.32 Å². The summed E-state index contributed by atoms with van der Waals surface area (Å²) in [6.45, 7) is 1.96. The molecule has 2 rings (SSSR count). The smallest absolute Gasteiger partial charge is 0.229 e. The quantitative estimate of drug-likeness (QED) is 0.659. The number of anilines is 1. The van der Waals surface area contributed by atoms with Crippen LogP contribution in [-0.2, 0) is 0 Å². The fraction of sp³-hybridized carbons (Fsp3) is 0.125. The lowest BCUT2D eigenvalue weighted by Crippen LogP contribution is -2.17. The minimum absolute atomic E-state index is 0.488. The first kappa shape index (κ1) is 13.8. The van der Waals surface area contributed by atoms with Crippen molar-refractivity contribution >= 4 is 23.2 Å². The lowest BCUT2D eigenvalue weighted by molar-refractivity contribution is 1.24. The van der Waals surface area contributed by atoms with Gasteiger partial charge >= 0.3 is 0 Å². The number of hydrogen-bond acceptors (Lipinski definition) is 1. The normalized spacial score (nSPS) is 12.2. The zero-order valence-corrected chi connectivity index (χ0v) is 11.5. The van der Waals surface area contributed by atoms with E-state index < -0.39 is 0 Å². The summed E-state index contributed by atoms with van der Waals surface area (Å²) >= 11 is 0. The van der Waals surface area contributed by atoms with Gasteiger partial charge in [0.05, 0.1) is 5.69 Å². The van der Waals surface area contributed by atoms with E-state index in [4.69, 9.17) is 5.73 Å². The molecule has 0 bridgehead atoms. The molecule has 4 heteroatoms. The zero-order chi connectivity index (χ0) is 14.2. The molecule has 20 heavy (non-hydrogen) atoms. The number of aliphatic imine (C=N–C) groups is 2. The molecule has 2 aromatic carbocycles. The number of hydrogen-bond donors (Lipinski definition) is 2. The highest BCUT2D eigenvalue weighted by atomic mass is 15.1. The Balaban J connectivity index is 2.28. The number of guanidine groups is 1. The number of nitrogens with one attached hydrogen (secondary N) is 1. The average molecular weight is 266 g/mol. The minimum Gasteiger partial charge on any atom is -0.387 e. The van der Waals surface area contributed by atoms with Gasteiger partial charge in [-0.1, -0.05) is 43.3 Å². The molecule has 0 aliphatic carbocycles. The summed E-state index contributed by atoms with van der Waals surface area (Å²) in [5, 5.41) is 3.18. The Morgan fingerprint density at radius 3 is 2.20 bits per heavy atom. The van der Waals surface area contributed by atoms with Crippen LogP contribution < -0.4 is 11.1 Å².